The van der Waals surface area contributed by atoms with Crippen LogP contribution in [0.4, 0.5) is 16.2 Å². The number of rotatable bonds is 7. The van der Waals surface area contributed by atoms with Gasteiger partial charge in [-0.2, -0.15) is 0 Å². The highest BCUT2D eigenvalue weighted by Gasteiger charge is 2.19. The quantitative estimate of drug-likeness (QED) is 0.512. The van der Waals surface area contributed by atoms with E-state index in [1.54, 1.807) is 0 Å². The highest BCUT2D eigenvalue weighted by Crippen LogP contribution is 2.15. The summed E-state index contributed by atoms with van der Waals surface area (Å²) >= 11 is 0. The van der Waals surface area contributed by atoms with Gasteiger partial charge in [0.05, 0.1) is 4.92 Å². The summed E-state index contributed by atoms with van der Waals surface area (Å²) in [6.45, 7) is 0.189. The van der Waals surface area contributed by atoms with Crippen molar-refractivity contribution >= 4 is 23.4 Å². The standard InChI is InChI=1S/C12H15N3O6/c1-21-7-6-10(11(16)17)14-12(18)13-8-2-4-9(5-3-8)15(19)20/h2-5,10H,6-7H2,1H3,(H,16,17)(H2,13,14,18). The number of anilines is 1. The molecular formula is C12H15N3O6. The lowest BCUT2D eigenvalue weighted by atomic mass is 10.2. The summed E-state index contributed by atoms with van der Waals surface area (Å²) in [5.41, 5.74) is 0.207. The van der Waals surface area contributed by atoms with Crippen LogP contribution in [0.3, 0.4) is 0 Å². The molecule has 2 amide bonds. The molecule has 1 rings (SSSR count). The van der Waals surface area contributed by atoms with Crippen molar-refractivity contribution in [2.24, 2.45) is 0 Å². The predicted molar refractivity (Wildman–Crippen MR) is 73.2 cm³/mol. The Kier molecular flexibility index (Phi) is 6.08. The molecule has 0 bridgehead atoms. The molecule has 1 aromatic carbocycles. The average molecular weight is 297 g/mol. The van der Waals surface area contributed by atoms with Crippen LogP contribution in [0, 0.1) is 10.1 Å². The van der Waals surface area contributed by atoms with Crippen molar-refractivity contribution in [1.29, 1.82) is 0 Å². The Labute approximate surface area is 120 Å². The van der Waals surface area contributed by atoms with Crippen LogP contribution in [0.1, 0.15) is 6.42 Å². The van der Waals surface area contributed by atoms with E-state index in [2.05, 4.69) is 10.6 Å². The fourth-order valence-corrected chi connectivity index (χ4v) is 1.48. The summed E-state index contributed by atoms with van der Waals surface area (Å²) in [5.74, 6) is -1.18. The smallest absolute Gasteiger partial charge is 0.326 e. The highest BCUT2D eigenvalue weighted by atomic mass is 16.6. The molecular weight excluding hydrogens is 282 g/mol. The number of carboxylic acid groups (broad SMARTS) is 1. The van der Waals surface area contributed by atoms with Gasteiger partial charge in [-0.05, 0) is 12.1 Å². The van der Waals surface area contributed by atoms with E-state index in [-0.39, 0.29) is 18.7 Å². The number of carbonyl (C=O) groups is 2. The van der Waals surface area contributed by atoms with Gasteiger partial charge in [-0.25, -0.2) is 9.59 Å². The first-order valence-corrected chi connectivity index (χ1v) is 5.97. The molecule has 114 valence electrons. The van der Waals surface area contributed by atoms with Crippen molar-refractivity contribution in [2.45, 2.75) is 12.5 Å². The lowest BCUT2D eigenvalue weighted by Gasteiger charge is -2.14. The van der Waals surface area contributed by atoms with Gasteiger partial charge >= 0.3 is 12.0 Å². The molecule has 0 aliphatic heterocycles. The Balaban J connectivity index is 2.59. The fraction of sp³-hybridized carbons (Fsp3) is 0.333. The minimum absolute atomic E-state index is 0.107. The number of nitrogens with zero attached hydrogens (tertiary/aromatic N) is 1. The second kappa shape index (κ2) is 7.80. The SMILES string of the molecule is COCCC(NC(=O)Nc1ccc([N+](=O)[O-])cc1)C(=O)O. The molecule has 0 aliphatic rings. The van der Waals surface area contributed by atoms with E-state index in [1.165, 1.54) is 31.4 Å². The van der Waals surface area contributed by atoms with Crippen LogP contribution in [0.2, 0.25) is 0 Å². The van der Waals surface area contributed by atoms with Gasteiger partial charge in [0.25, 0.3) is 5.69 Å². The summed E-state index contributed by atoms with van der Waals surface area (Å²) in [6, 6.07) is 3.37. The predicted octanol–water partition coefficient (Wildman–Crippen LogP) is 1.21. The number of non-ortho nitro benzene ring substituents is 1. The van der Waals surface area contributed by atoms with Crippen LogP contribution >= 0.6 is 0 Å². The first kappa shape index (κ1) is 16.4. The van der Waals surface area contributed by atoms with E-state index in [1.807, 2.05) is 0 Å². The Hall–Kier alpha value is -2.68. The number of hydrogen-bond donors (Lipinski definition) is 3. The normalized spacial score (nSPS) is 11.5. The lowest BCUT2D eigenvalue weighted by Crippen LogP contribution is -2.43. The minimum Gasteiger partial charge on any atom is -0.480 e. The fourth-order valence-electron chi connectivity index (χ4n) is 1.48. The molecule has 0 saturated carbocycles. The molecule has 0 spiro atoms. The molecule has 21 heavy (non-hydrogen) atoms. The molecule has 1 aromatic rings. The van der Waals surface area contributed by atoms with E-state index in [4.69, 9.17) is 9.84 Å². The molecule has 0 aromatic heterocycles. The van der Waals surface area contributed by atoms with Crippen molar-refractivity contribution in [3.05, 3.63) is 34.4 Å². The van der Waals surface area contributed by atoms with Gasteiger partial charge in [0.2, 0.25) is 0 Å². The second-order valence-electron chi connectivity index (χ2n) is 4.07. The largest absolute Gasteiger partial charge is 0.480 e. The molecule has 0 heterocycles. The molecule has 0 fully saturated rings. The van der Waals surface area contributed by atoms with Crippen molar-refractivity contribution < 1.29 is 24.4 Å². The van der Waals surface area contributed by atoms with Crippen LogP contribution in [0.25, 0.3) is 0 Å². The third kappa shape index (κ3) is 5.45. The molecule has 0 radical (unpaired) electrons. The molecule has 0 aliphatic carbocycles. The van der Waals surface area contributed by atoms with Crippen LogP contribution < -0.4 is 10.6 Å². The zero-order chi connectivity index (χ0) is 15.8. The van der Waals surface area contributed by atoms with Gasteiger partial charge in [-0.3, -0.25) is 10.1 Å². The second-order valence-corrected chi connectivity index (χ2v) is 4.07. The Bertz CT molecular complexity index is 516. The number of benzene rings is 1. The first-order valence-electron chi connectivity index (χ1n) is 5.97. The maximum Gasteiger partial charge on any atom is 0.326 e. The van der Waals surface area contributed by atoms with Crippen LogP contribution in [-0.4, -0.2) is 41.8 Å². The van der Waals surface area contributed by atoms with E-state index >= 15 is 0 Å². The van der Waals surface area contributed by atoms with Gasteiger partial charge in [0.1, 0.15) is 6.04 Å². The maximum absolute atomic E-state index is 11.6. The molecule has 3 N–H and O–H groups in total. The summed E-state index contributed by atoms with van der Waals surface area (Å²) < 4.78 is 4.76. The number of nitro benzene ring substituents is 1. The number of methoxy groups -OCH3 is 1. The van der Waals surface area contributed by atoms with Gasteiger partial charge < -0.3 is 20.5 Å². The maximum atomic E-state index is 11.6. The number of ether oxygens (including phenoxy) is 1. The van der Waals surface area contributed by atoms with Crippen LogP contribution in [0.5, 0.6) is 0 Å². The Morgan fingerprint density at radius 1 is 1.38 bits per heavy atom. The number of carboxylic acids is 1. The van der Waals surface area contributed by atoms with Crippen molar-refractivity contribution in [1.82, 2.24) is 5.32 Å². The van der Waals surface area contributed by atoms with Crippen LogP contribution in [-0.2, 0) is 9.53 Å². The molecule has 9 nitrogen and oxygen atoms in total. The topological polar surface area (TPSA) is 131 Å². The lowest BCUT2D eigenvalue weighted by molar-refractivity contribution is -0.384. The number of nitrogens with one attached hydrogen (secondary N) is 2. The number of hydrogen-bond acceptors (Lipinski definition) is 5. The summed E-state index contributed by atoms with van der Waals surface area (Å²) in [7, 11) is 1.43. The van der Waals surface area contributed by atoms with Gasteiger partial charge in [-0.15, -0.1) is 0 Å². The summed E-state index contributed by atoms with van der Waals surface area (Å²) in [6.07, 6.45) is 0.125. The zero-order valence-corrected chi connectivity index (χ0v) is 11.2. The van der Waals surface area contributed by atoms with Gasteiger partial charge in [-0.1, -0.05) is 0 Å². The number of carbonyl (C=O) groups excluding carboxylic acids is 1. The highest BCUT2D eigenvalue weighted by molar-refractivity contribution is 5.92. The van der Waals surface area contributed by atoms with E-state index in [9.17, 15) is 19.7 Å². The van der Waals surface area contributed by atoms with Crippen molar-refractivity contribution in [3.63, 3.8) is 0 Å². The average Bonchev–Trinajstić information content (AvgIpc) is 2.43. The van der Waals surface area contributed by atoms with Crippen LogP contribution in [0.15, 0.2) is 24.3 Å². The van der Waals surface area contributed by atoms with E-state index < -0.39 is 23.0 Å². The summed E-state index contributed by atoms with van der Waals surface area (Å²) in [4.78, 5) is 32.5. The van der Waals surface area contributed by atoms with Crippen molar-refractivity contribution in [2.75, 3.05) is 19.0 Å². The van der Waals surface area contributed by atoms with E-state index in [0.29, 0.717) is 5.69 Å². The third-order valence-corrected chi connectivity index (χ3v) is 2.55. The number of nitro groups is 1. The van der Waals surface area contributed by atoms with E-state index in [0.717, 1.165) is 0 Å². The number of amides is 2. The first-order chi connectivity index (χ1) is 9.93. The number of urea groups is 1. The Morgan fingerprint density at radius 2 is 2.00 bits per heavy atom. The molecule has 9 heteroatoms. The minimum atomic E-state index is -1.18. The van der Waals surface area contributed by atoms with Gasteiger partial charge in [0, 0.05) is 38.0 Å². The molecule has 1 atom stereocenters. The van der Waals surface area contributed by atoms with Gasteiger partial charge in [0.15, 0.2) is 0 Å². The zero-order valence-electron chi connectivity index (χ0n) is 11.2. The Morgan fingerprint density at radius 3 is 2.48 bits per heavy atom. The summed E-state index contributed by atoms with van der Waals surface area (Å²) in [5, 5.41) is 24.1. The monoisotopic (exact) mass is 297 g/mol. The molecule has 1 unspecified atom stereocenters. The van der Waals surface area contributed by atoms with Crippen molar-refractivity contribution in [3.8, 4) is 0 Å². The third-order valence-electron chi connectivity index (χ3n) is 2.55. The molecule has 0 saturated heterocycles. The number of aliphatic carboxylic acids is 1.